The molecule has 0 radical (unpaired) electrons. The first-order chi connectivity index (χ1) is 12.1. The van der Waals surface area contributed by atoms with Gasteiger partial charge in [0.25, 0.3) is 11.8 Å². The Balaban J connectivity index is 1.73. The van der Waals surface area contributed by atoms with Crippen molar-refractivity contribution in [2.75, 3.05) is 10.6 Å². The van der Waals surface area contributed by atoms with Gasteiger partial charge in [-0.1, -0.05) is 29.8 Å². The topological polar surface area (TPSA) is 71.1 Å². The normalized spacial score (nSPS) is 10.1. The first-order valence-corrected chi connectivity index (χ1v) is 7.89. The lowest BCUT2D eigenvalue weighted by Crippen LogP contribution is -2.16. The van der Waals surface area contributed by atoms with E-state index < -0.39 is 0 Å². The largest absolute Gasteiger partial charge is 0.322 e. The van der Waals surface area contributed by atoms with Crippen molar-refractivity contribution in [2.24, 2.45) is 0 Å². The van der Waals surface area contributed by atoms with Crippen LogP contribution in [0.15, 0.2) is 72.9 Å². The number of carbonyl (C=O) groups excluding carboxylic acids is 2. The third-order valence-electron chi connectivity index (χ3n) is 3.39. The van der Waals surface area contributed by atoms with Gasteiger partial charge in [-0.25, -0.2) is 0 Å². The predicted molar refractivity (Wildman–Crippen MR) is 98.0 cm³/mol. The second-order valence-corrected chi connectivity index (χ2v) is 5.65. The highest BCUT2D eigenvalue weighted by atomic mass is 35.5. The Labute approximate surface area is 149 Å². The number of amides is 2. The molecule has 0 aliphatic carbocycles. The molecule has 2 amide bonds. The van der Waals surface area contributed by atoms with E-state index in [-0.39, 0.29) is 17.5 Å². The number of para-hydroxylation sites is 1. The molecule has 25 heavy (non-hydrogen) atoms. The molecule has 3 rings (SSSR count). The van der Waals surface area contributed by atoms with Crippen LogP contribution in [0.4, 0.5) is 11.4 Å². The van der Waals surface area contributed by atoms with Gasteiger partial charge in [-0.3, -0.25) is 14.6 Å². The summed E-state index contributed by atoms with van der Waals surface area (Å²) in [7, 11) is 0. The van der Waals surface area contributed by atoms with Crippen LogP contribution < -0.4 is 10.6 Å². The van der Waals surface area contributed by atoms with Crippen molar-refractivity contribution in [1.29, 1.82) is 0 Å². The number of halogens is 1. The van der Waals surface area contributed by atoms with Crippen LogP contribution in [0, 0.1) is 0 Å². The average Bonchev–Trinajstić information content (AvgIpc) is 2.64. The Bertz CT molecular complexity index is 896. The fourth-order valence-electron chi connectivity index (χ4n) is 2.15. The number of nitrogens with zero attached hydrogens (tertiary/aromatic N) is 1. The van der Waals surface area contributed by atoms with Gasteiger partial charge in [0.2, 0.25) is 0 Å². The Morgan fingerprint density at radius 2 is 1.44 bits per heavy atom. The van der Waals surface area contributed by atoms with E-state index in [2.05, 4.69) is 15.6 Å². The maximum Gasteiger partial charge on any atom is 0.274 e. The van der Waals surface area contributed by atoms with Crippen molar-refractivity contribution < 1.29 is 9.59 Å². The molecule has 6 heteroatoms. The highest BCUT2D eigenvalue weighted by Crippen LogP contribution is 2.15. The summed E-state index contributed by atoms with van der Waals surface area (Å²) in [6.07, 6.45) is 1.43. The van der Waals surface area contributed by atoms with Gasteiger partial charge in [-0.05, 0) is 48.5 Å². The number of hydrogen-bond acceptors (Lipinski definition) is 3. The Morgan fingerprint density at radius 3 is 2.16 bits per heavy atom. The Kier molecular flexibility index (Phi) is 5.06. The SMILES string of the molecule is O=C(Nc1ccc(Cl)cc1)c1ccnc(C(=O)Nc2ccccc2)c1. The summed E-state index contributed by atoms with van der Waals surface area (Å²) in [6, 6.07) is 18.8. The zero-order chi connectivity index (χ0) is 17.6. The Hall–Kier alpha value is -3.18. The van der Waals surface area contributed by atoms with E-state index in [1.807, 2.05) is 18.2 Å². The van der Waals surface area contributed by atoms with Gasteiger partial charge in [-0.2, -0.15) is 0 Å². The molecule has 1 aromatic heterocycles. The van der Waals surface area contributed by atoms with Gasteiger partial charge in [-0.15, -0.1) is 0 Å². The number of benzene rings is 2. The first-order valence-electron chi connectivity index (χ1n) is 7.51. The summed E-state index contributed by atoms with van der Waals surface area (Å²) in [6.45, 7) is 0. The van der Waals surface area contributed by atoms with E-state index in [9.17, 15) is 9.59 Å². The van der Waals surface area contributed by atoms with Crippen LogP contribution in [0.3, 0.4) is 0 Å². The average molecular weight is 352 g/mol. The first kappa shape index (κ1) is 16.7. The summed E-state index contributed by atoms with van der Waals surface area (Å²) >= 11 is 5.82. The lowest BCUT2D eigenvalue weighted by molar-refractivity contribution is 0.102. The molecule has 0 atom stereocenters. The van der Waals surface area contributed by atoms with Crippen LogP contribution in [0.1, 0.15) is 20.8 Å². The molecule has 0 saturated heterocycles. The van der Waals surface area contributed by atoms with Crippen LogP contribution in [-0.4, -0.2) is 16.8 Å². The summed E-state index contributed by atoms with van der Waals surface area (Å²) < 4.78 is 0. The van der Waals surface area contributed by atoms with Gasteiger partial charge >= 0.3 is 0 Å². The van der Waals surface area contributed by atoms with Crippen LogP contribution in [0.25, 0.3) is 0 Å². The maximum atomic E-state index is 12.3. The molecule has 124 valence electrons. The van der Waals surface area contributed by atoms with E-state index >= 15 is 0 Å². The van der Waals surface area contributed by atoms with Crippen LogP contribution >= 0.6 is 11.6 Å². The summed E-state index contributed by atoms with van der Waals surface area (Å²) in [5, 5.41) is 6.06. The monoisotopic (exact) mass is 351 g/mol. The summed E-state index contributed by atoms with van der Waals surface area (Å²) in [4.78, 5) is 28.6. The number of anilines is 2. The molecule has 1 heterocycles. The van der Waals surface area contributed by atoms with Gasteiger partial charge in [0.1, 0.15) is 5.69 Å². The van der Waals surface area contributed by atoms with Gasteiger partial charge < -0.3 is 10.6 Å². The fourth-order valence-corrected chi connectivity index (χ4v) is 2.28. The zero-order valence-corrected chi connectivity index (χ0v) is 13.8. The molecule has 2 aromatic carbocycles. The number of nitrogens with one attached hydrogen (secondary N) is 2. The van der Waals surface area contributed by atoms with E-state index in [1.165, 1.54) is 12.3 Å². The molecular weight excluding hydrogens is 338 g/mol. The molecule has 0 aliphatic rings. The number of aromatic nitrogens is 1. The van der Waals surface area contributed by atoms with E-state index in [0.717, 1.165) is 0 Å². The minimum Gasteiger partial charge on any atom is -0.322 e. The molecule has 5 nitrogen and oxygen atoms in total. The van der Waals surface area contributed by atoms with Gasteiger partial charge in [0, 0.05) is 28.2 Å². The molecule has 3 aromatic rings. The minimum atomic E-state index is -0.382. The molecule has 0 aliphatic heterocycles. The smallest absolute Gasteiger partial charge is 0.274 e. The van der Waals surface area contributed by atoms with Crippen LogP contribution in [0.5, 0.6) is 0 Å². The number of pyridine rings is 1. The second-order valence-electron chi connectivity index (χ2n) is 5.21. The number of carbonyl (C=O) groups is 2. The van der Waals surface area contributed by atoms with Gasteiger partial charge in [0.15, 0.2) is 0 Å². The lowest BCUT2D eigenvalue weighted by Gasteiger charge is -2.07. The molecule has 0 bridgehead atoms. The highest BCUT2D eigenvalue weighted by Gasteiger charge is 2.12. The molecule has 0 fully saturated rings. The molecule has 0 unspecified atom stereocenters. The third-order valence-corrected chi connectivity index (χ3v) is 3.64. The molecular formula is C19H14ClN3O2. The predicted octanol–water partition coefficient (Wildman–Crippen LogP) is 4.24. The summed E-state index contributed by atoms with van der Waals surface area (Å²) in [5.41, 5.74) is 1.77. The summed E-state index contributed by atoms with van der Waals surface area (Å²) in [5.74, 6) is -0.717. The third kappa shape index (κ3) is 4.43. The number of hydrogen-bond donors (Lipinski definition) is 2. The van der Waals surface area contributed by atoms with Gasteiger partial charge in [0.05, 0.1) is 0 Å². The minimum absolute atomic E-state index is 0.160. The number of rotatable bonds is 4. The molecule has 0 spiro atoms. The maximum absolute atomic E-state index is 12.3. The van der Waals surface area contributed by atoms with Crippen molar-refractivity contribution in [2.45, 2.75) is 0 Å². The van der Waals surface area contributed by atoms with Crippen molar-refractivity contribution in [3.63, 3.8) is 0 Å². The zero-order valence-electron chi connectivity index (χ0n) is 13.1. The van der Waals surface area contributed by atoms with Crippen molar-refractivity contribution >= 4 is 34.8 Å². The molecule has 2 N–H and O–H groups in total. The van der Waals surface area contributed by atoms with E-state index in [1.54, 1.807) is 42.5 Å². The van der Waals surface area contributed by atoms with Crippen LogP contribution in [0.2, 0.25) is 5.02 Å². The standard InChI is InChI=1S/C19H14ClN3O2/c20-14-6-8-16(9-7-14)22-18(24)13-10-11-21-17(12-13)19(25)23-15-4-2-1-3-5-15/h1-12H,(H,22,24)(H,23,25). The van der Waals surface area contributed by atoms with E-state index in [4.69, 9.17) is 11.6 Å². The van der Waals surface area contributed by atoms with Crippen molar-refractivity contribution in [3.05, 3.63) is 89.2 Å². The van der Waals surface area contributed by atoms with Crippen molar-refractivity contribution in [1.82, 2.24) is 4.98 Å². The fraction of sp³-hybridized carbons (Fsp3) is 0. The highest BCUT2D eigenvalue weighted by molar-refractivity contribution is 6.30. The second kappa shape index (κ2) is 7.59. The van der Waals surface area contributed by atoms with E-state index in [0.29, 0.717) is 22.0 Å². The Morgan fingerprint density at radius 1 is 0.800 bits per heavy atom. The van der Waals surface area contributed by atoms with Crippen molar-refractivity contribution in [3.8, 4) is 0 Å². The van der Waals surface area contributed by atoms with Crippen LogP contribution in [-0.2, 0) is 0 Å². The molecule has 0 saturated carbocycles. The quantitative estimate of drug-likeness (QED) is 0.738. The lowest BCUT2D eigenvalue weighted by atomic mass is 10.2.